The molecule has 0 radical (unpaired) electrons. The van der Waals surface area contributed by atoms with E-state index in [0.29, 0.717) is 18.9 Å². The van der Waals surface area contributed by atoms with E-state index in [-0.39, 0.29) is 12.1 Å². The van der Waals surface area contributed by atoms with Crippen molar-refractivity contribution < 1.29 is 14.7 Å². The zero-order chi connectivity index (χ0) is 15.1. The van der Waals surface area contributed by atoms with Gasteiger partial charge in [-0.15, -0.1) is 0 Å². The second-order valence-corrected chi connectivity index (χ2v) is 6.18. The van der Waals surface area contributed by atoms with Gasteiger partial charge in [0.1, 0.15) is 6.04 Å². The summed E-state index contributed by atoms with van der Waals surface area (Å²) in [6, 6.07) is 6.65. The topological polar surface area (TPSA) is 60.9 Å². The van der Waals surface area contributed by atoms with Crippen molar-refractivity contribution >= 4 is 17.7 Å². The number of carbonyl (C=O) groups excluding carboxylic acids is 1. The van der Waals surface area contributed by atoms with Gasteiger partial charge in [-0.05, 0) is 30.9 Å². The fourth-order valence-corrected chi connectivity index (χ4v) is 3.52. The number of aliphatic carboxylic acids is 1. The number of benzene rings is 1. The Labute approximate surface area is 124 Å². The Kier molecular flexibility index (Phi) is 3.35. The number of fused-ring (bicyclic) bond motifs is 1. The molecule has 2 heterocycles. The molecule has 0 spiro atoms. The highest BCUT2D eigenvalue weighted by atomic mass is 16.4. The summed E-state index contributed by atoms with van der Waals surface area (Å²) in [6.45, 7) is 4.85. The third-order valence-electron chi connectivity index (χ3n) is 4.50. The number of urea groups is 1. The lowest BCUT2D eigenvalue weighted by molar-refractivity contribution is -0.138. The molecule has 0 aromatic heterocycles. The molecule has 1 aromatic rings. The van der Waals surface area contributed by atoms with Gasteiger partial charge in [-0.3, -0.25) is 4.90 Å². The summed E-state index contributed by atoms with van der Waals surface area (Å²) in [4.78, 5) is 27.7. The first-order valence-electron chi connectivity index (χ1n) is 7.39. The van der Waals surface area contributed by atoms with E-state index in [0.717, 1.165) is 17.7 Å². The van der Waals surface area contributed by atoms with Gasteiger partial charge in [0.2, 0.25) is 0 Å². The summed E-state index contributed by atoms with van der Waals surface area (Å²) in [5.74, 6) is -0.482. The van der Waals surface area contributed by atoms with Gasteiger partial charge in [-0.25, -0.2) is 9.59 Å². The minimum absolute atomic E-state index is 0.162. The molecule has 0 aliphatic carbocycles. The zero-order valence-corrected chi connectivity index (χ0v) is 12.3. The van der Waals surface area contributed by atoms with Crippen LogP contribution in [0.25, 0.3) is 0 Å². The quantitative estimate of drug-likeness (QED) is 0.863. The van der Waals surface area contributed by atoms with Crippen LogP contribution in [-0.4, -0.2) is 40.6 Å². The number of nitrogens with zero attached hydrogens (tertiary/aromatic N) is 2. The van der Waals surface area contributed by atoms with Gasteiger partial charge < -0.3 is 10.0 Å². The van der Waals surface area contributed by atoms with Gasteiger partial charge in [0.25, 0.3) is 0 Å². The van der Waals surface area contributed by atoms with Crippen molar-refractivity contribution in [2.75, 3.05) is 11.4 Å². The summed E-state index contributed by atoms with van der Waals surface area (Å²) in [7, 11) is 0. The maximum atomic E-state index is 12.9. The molecule has 2 aliphatic heterocycles. The molecule has 3 atom stereocenters. The Balaban J connectivity index is 1.94. The van der Waals surface area contributed by atoms with E-state index in [4.69, 9.17) is 0 Å². The van der Waals surface area contributed by atoms with Crippen LogP contribution in [-0.2, 0) is 11.2 Å². The SMILES string of the molecule is CC1CC(C)N(C(=O)N2c3ccccc3C[C@H]2C(=O)O)C1. The van der Waals surface area contributed by atoms with Crippen LogP contribution in [0.15, 0.2) is 24.3 Å². The summed E-state index contributed by atoms with van der Waals surface area (Å²) in [6.07, 6.45) is 1.36. The van der Waals surface area contributed by atoms with Gasteiger partial charge in [-0.1, -0.05) is 25.1 Å². The Bertz CT molecular complexity index is 587. The number of hydrogen-bond acceptors (Lipinski definition) is 2. The smallest absolute Gasteiger partial charge is 0.327 e. The molecule has 21 heavy (non-hydrogen) atoms. The summed E-state index contributed by atoms with van der Waals surface area (Å²) in [5.41, 5.74) is 1.67. The lowest BCUT2D eigenvalue weighted by Gasteiger charge is -2.30. The number of rotatable bonds is 1. The molecule has 0 bridgehead atoms. The standard InChI is InChI=1S/C16H20N2O3/c1-10-7-11(2)17(9-10)16(21)18-13-6-4-3-5-12(13)8-14(18)15(19)20/h3-6,10-11,14H,7-9H2,1-2H3,(H,19,20)/t10?,11?,14-/m0/s1. The van der Waals surface area contributed by atoms with E-state index >= 15 is 0 Å². The highest BCUT2D eigenvalue weighted by molar-refractivity contribution is 6.01. The summed E-state index contributed by atoms with van der Waals surface area (Å²) >= 11 is 0. The number of para-hydroxylation sites is 1. The Morgan fingerprint density at radius 1 is 1.24 bits per heavy atom. The van der Waals surface area contributed by atoms with E-state index < -0.39 is 12.0 Å². The Morgan fingerprint density at radius 3 is 2.57 bits per heavy atom. The van der Waals surface area contributed by atoms with Crippen molar-refractivity contribution in [3.8, 4) is 0 Å². The highest BCUT2D eigenvalue weighted by Crippen LogP contribution is 2.35. The van der Waals surface area contributed by atoms with E-state index in [2.05, 4.69) is 6.92 Å². The zero-order valence-electron chi connectivity index (χ0n) is 12.3. The van der Waals surface area contributed by atoms with E-state index in [1.807, 2.05) is 36.1 Å². The van der Waals surface area contributed by atoms with Crippen LogP contribution in [0.5, 0.6) is 0 Å². The predicted octanol–water partition coefficient (Wildman–Crippen LogP) is 2.35. The maximum absolute atomic E-state index is 12.9. The number of hydrogen-bond donors (Lipinski definition) is 1. The molecule has 2 amide bonds. The van der Waals surface area contributed by atoms with Crippen LogP contribution in [0.3, 0.4) is 0 Å². The first kappa shape index (κ1) is 13.9. The van der Waals surface area contributed by atoms with E-state index in [9.17, 15) is 14.7 Å². The van der Waals surface area contributed by atoms with Crippen LogP contribution < -0.4 is 4.90 Å². The molecule has 1 fully saturated rings. The molecule has 5 nitrogen and oxygen atoms in total. The monoisotopic (exact) mass is 288 g/mol. The van der Waals surface area contributed by atoms with Crippen molar-refractivity contribution in [2.45, 2.75) is 38.8 Å². The molecule has 2 aliphatic rings. The first-order chi connectivity index (χ1) is 9.99. The van der Waals surface area contributed by atoms with Gasteiger partial charge in [0.15, 0.2) is 0 Å². The molecule has 2 unspecified atom stereocenters. The number of carboxylic acid groups (broad SMARTS) is 1. The maximum Gasteiger partial charge on any atom is 0.327 e. The van der Waals surface area contributed by atoms with Gasteiger partial charge in [0.05, 0.1) is 0 Å². The lowest BCUT2D eigenvalue weighted by Crippen LogP contribution is -2.50. The van der Waals surface area contributed by atoms with Gasteiger partial charge in [0, 0.05) is 24.7 Å². The van der Waals surface area contributed by atoms with Crippen LogP contribution in [0.4, 0.5) is 10.5 Å². The average Bonchev–Trinajstić information content (AvgIpc) is 2.98. The number of amides is 2. The number of carbonyl (C=O) groups is 2. The lowest BCUT2D eigenvalue weighted by atomic mass is 10.1. The van der Waals surface area contributed by atoms with Crippen molar-refractivity contribution in [3.05, 3.63) is 29.8 Å². The number of likely N-dealkylation sites (tertiary alicyclic amines) is 1. The van der Waals surface area contributed by atoms with Crippen molar-refractivity contribution in [1.82, 2.24) is 4.90 Å². The molecule has 112 valence electrons. The molecule has 5 heteroatoms. The average molecular weight is 288 g/mol. The predicted molar refractivity (Wildman–Crippen MR) is 79.4 cm³/mol. The molecule has 1 saturated heterocycles. The van der Waals surface area contributed by atoms with Crippen molar-refractivity contribution in [3.63, 3.8) is 0 Å². The van der Waals surface area contributed by atoms with E-state index in [1.54, 1.807) is 0 Å². The molecular weight excluding hydrogens is 268 g/mol. The normalized spacial score (nSPS) is 27.8. The summed E-state index contributed by atoms with van der Waals surface area (Å²) in [5, 5.41) is 9.45. The second kappa shape index (κ2) is 5.06. The van der Waals surface area contributed by atoms with Crippen LogP contribution >= 0.6 is 0 Å². The minimum Gasteiger partial charge on any atom is -0.480 e. The fraction of sp³-hybridized carbons (Fsp3) is 0.500. The third-order valence-corrected chi connectivity index (χ3v) is 4.50. The third kappa shape index (κ3) is 2.26. The van der Waals surface area contributed by atoms with Crippen molar-refractivity contribution in [2.24, 2.45) is 5.92 Å². The van der Waals surface area contributed by atoms with Gasteiger partial charge >= 0.3 is 12.0 Å². The molecule has 1 aromatic carbocycles. The summed E-state index contributed by atoms with van der Waals surface area (Å²) < 4.78 is 0. The van der Waals surface area contributed by atoms with Crippen LogP contribution in [0.1, 0.15) is 25.8 Å². The molecule has 3 rings (SSSR count). The van der Waals surface area contributed by atoms with Crippen molar-refractivity contribution in [1.29, 1.82) is 0 Å². The second-order valence-electron chi connectivity index (χ2n) is 6.18. The first-order valence-corrected chi connectivity index (χ1v) is 7.39. The molecular formula is C16H20N2O3. The minimum atomic E-state index is -0.945. The largest absolute Gasteiger partial charge is 0.480 e. The fourth-order valence-electron chi connectivity index (χ4n) is 3.52. The van der Waals surface area contributed by atoms with Crippen LogP contribution in [0, 0.1) is 5.92 Å². The molecule has 0 saturated carbocycles. The number of anilines is 1. The van der Waals surface area contributed by atoms with Crippen LogP contribution in [0.2, 0.25) is 0 Å². The van der Waals surface area contributed by atoms with Gasteiger partial charge in [-0.2, -0.15) is 0 Å². The van der Waals surface area contributed by atoms with E-state index in [1.165, 1.54) is 4.90 Å². The highest BCUT2D eigenvalue weighted by Gasteiger charge is 2.42. The molecule has 1 N–H and O–H groups in total. The Morgan fingerprint density at radius 2 is 1.95 bits per heavy atom. The number of carboxylic acids is 1. The Hall–Kier alpha value is -2.04.